The Balaban J connectivity index is 0.00000210. The summed E-state index contributed by atoms with van der Waals surface area (Å²) in [5, 5.41) is 3.89. The number of nitrogens with zero attached hydrogens (tertiary/aromatic N) is 1. The lowest BCUT2D eigenvalue weighted by atomic mass is 10.1. The van der Waals surface area contributed by atoms with E-state index in [1.165, 1.54) is 0 Å². The Hall–Kier alpha value is -2.34. The van der Waals surface area contributed by atoms with E-state index in [1.807, 2.05) is 54.6 Å². The highest BCUT2D eigenvalue weighted by molar-refractivity contribution is 5.90. The summed E-state index contributed by atoms with van der Waals surface area (Å²) in [5.74, 6) is 1.51. The van der Waals surface area contributed by atoms with E-state index >= 15 is 0 Å². The number of nitrogens with one attached hydrogen (secondary N) is 1. The largest absolute Gasteiger partial charge is 0.457 e. The SMILES string of the molecule is Cl.Cl.NCCCCCCC(=O)Nc1ccc(Oc2ccnc3ccccc23)cc1. The van der Waals surface area contributed by atoms with Crippen molar-refractivity contribution in [3.63, 3.8) is 0 Å². The highest BCUT2D eigenvalue weighted by Gasteiger charge is 2.05. The van der Waals surface area contributed by atoms with E-state index < -0.39 is 0 Å². The number of nitrogens with two attached hydrogens (primary N) is 1. The number of hydrogen-bond acceptors (Lipinski definition) is 4. The van der Waals surface area contributed by atoms with Crippen molar-refractivity contribution >= 4 is 47.3 Å². The van der Waals surface area contributed by atoms with Gasteiger partial charge in [0.25, 0.3) is 0 Å². The van der Waals surface area contributed by atoms with Crippen LogP contribution in [0.2, 0.25) is 0 Å². The number of hydrogen-bond donors (Lipinski definition) is 2. The van der Waals surface area contributed by atoms with Crippen molar-refractivity contribution in [2.75, 3.05) is 11.9 Å². The molecule has 1 heterocycles. The summed E-state index contributed by atoms with van der Waals surface area (Å²) >= 11 is 0. The summed E-state index contributed by atoms with van der Waals surface area (Å²) in [7, 11) is 0. The second-order valence-corrected chi connectivity index (χ2v) is 6.45. The van der Waals surface area contributed by atoms with Gasteiger partial charge in [-0.05, 0) is 61.9 Å². The van der Waals surface area contributed by atoms with E-state index in [2.05, 4.69) is 10.3 Å². The van der Waals surface area contributed by atoms with Crippen LogP contribution in [0.3, 0.4) is 0 Å². The van der Waals surface area contributed by atoms with E-state index in [0.717, 1.165) is 54.6 Å². The molecular formula is C22H27Cl2N3O2. The first-order valence-electron chi connectivity index (χ1n) is 9.38. The lowest BCUT2D eigenvalue weighted by Gasteiger charge is -2.10. The van der Waals surface area contributed by atoms with Gasteiger partial charge < -0.3 is 15.8 Å². The molecule has 0 aliphatic carbocycles. The smallest absolute Gasteiger partial charge is 0.224 e. The Morgan fingerprint density at radius 2 is 1.66 bits per heavy atom. The van der Waals surface area contributed by atoms with Crippen LogP contribution >= 0.6 is 24.8 Å². The lowest BCUT2D eigenvalue weighted by molar-refractivity contribution is -0.116. The molecule has 0 radical (unpaired) electrons. The minimum atomic E-state index is 0. The molecular weight excluding hydrogens is 409 g/mol. The zero-order chi connectivity index (χ0) is 18.9. The summed E-state index contributed by atoms with van der Waals surface area (Å²) in [6.45, 7) is 0.718. The molecule has 0 aliphatic heterocycles. The van der Waals surface area contributed by atoms with Gasteiger partial charge in [-0.3, -0.25) is 9.78 Å². The molecule has 0 bridgehead atoms. The number of unbranched alkanes of at least 4 members (excludes halogenated alkanes) is 3. The van der Waals surface area contributed by atoms with E-state index in [1.54, 1.807) is 6.20 Å². The topological polar surface area (TPSA) is 77.2 Å². The second-order valence-electron chi connectivity index (χ2n) is 6.45. The lowest BCUT2D eigenvalue weighted by Crippen LogP contribution is -2.11. The standard InChI is InChI=1S/C22H25N3O2.2ClH/c23-15-6-2-1-3-9-22(26)25-17-10-12-18(13-11-17)27-21-14-16-24-20-8-5-4-7-19(20)21;;/h4-5,7-8,10-14,16H,1-3,6,9,15,23H2,(H,25,26);2*1H. The maximum absolute atomic E-state index is 12.0. The molecule has 7 heteroatoms. The van der Waals surface area contributed by atoms with Gasteiger partial charge in [-0.25, -0.2) is 0 Å². The first-order valence-corrected chi connectivity index (χ1v) is 9.38. The van der Waals surface area contributed by atoms with Crippen molar-refractivity contribution in [3.05, 3.63) is 60.8 Å². The molecule has 156 valence electrons. The molecule has 0 atom stereocenters. The van der Waals surface area contributed by atoms with Crippen LogP contribution in [0, 0.1) is 0 Å². The van der Waals surface area contributed by atoms with Gasteiger partial charge >= 0.3 is 0 Å². The molecule has 5 nitrogen and oxygen atoms in total. The predicted molar refractivity (Wildman–Crippen MR) is 124 cm³/mol. The Morgan fingerprint density at radius 3 is 2.41 bits per heavy atom. The summed E-state index contributed by atoms with van der Waals surface area (Å²) in [6, 6.07) is 17.1. The van der Waals surface area contributed by atoms with Gasteiger partial charge in [0.1, 0.15) is 11.5 Å². The summed E-state index contributed by atoms with van der Waals surface area (Å²) in [6.07, 6.45) is 6.31. The zero-order valence-corrected chi connectivity index (χ0v) is 17.8. The molecule has 0 saturated heterocycles. The first kappa shape index (κ1) is 24.7. The van der Waals surface area contributed by atoms with E-state index in [-0.39, 0.29) is 30.7 Å². The number of carbonyl (C=O) groups excluding carboxylic acids is 1. The number of ether oxygens (including phenoxy) is 1. The number of amides is 1. The number of aromatic nitrogens is 1. The highest BCUT2D eigenvalue weighted by atomic mass is 35.5. The van der Waals surface area contributed by atoms with Crippen molar-refractivity contribution in [2.24, 2.45) is 5.73 Å². The number of benzene rings is 2. The molecule has 3 rings (SSSR count). The average molecular weight is 436 g/mol. The van der Waals surface area contributed by atoms with Crippen LogP contribution in [0.15, 0.2) is 60.8 Å². The van der Waals surface area contributed by atoms with Gasteiger partial charge in [0.05, 0.1) is 5.52 Å². The van der Waals surface area contributed by atoms with Gasteiger partial charge in [-0.15, -0.1) is 24.8 Å². The fourth-order valence-corrected chi connectivity index (χ4v) is 2.90. The highest BCUT2D eigenvalue weighted by Crippen LogP contribution is 2.29. The Morgan fingerprint density at radius 1 is 0.931 bits per heavy atom. The number of para-hydroxylation sites is 1. The molecule has 0 unspecified atom stereocenters. The number of carbonyl (C=O) groups is 1. The molecule has 1 amide bonds. The fraction of sp³-hybridized carbons (Fsp3) is 0.273. The van der Waals surface area contributed by atoms with Crippen LogP contribution in [-0.4, -0.2) is 17.4 Å². The maximum atomic E-state index is 12.0. The average Bonchev–Trinajstić information content (AvgIpc) is 2.70. The van der Waals surface area contributed by atoms with Gasteiger partial charge in [-0.1, -0.05) is 25.0 Å². The fourth-order valence-electron chi connectivity index (χ4n) is 2.90. The predicted octanol–water partition coefficient (Wildman–Crippen LogP) is 5.72. The number of halogens is 2. The Kier molecular flexibility index (Phi) is 11.1. The van der Waals surface area contributed by atoms with Crippen LogP contribution < -0.4 is 15.8 Å². The zero-order valence-electron chi connectivity index (χ0n) is 16.2. The number of pyridine rings is 1. The maximum Gasteiger partial charge on any atom is 0.224 e. The van der Waals surface area contributed by atoms with Crippen molar-refractivity contribution in [1.82, 2.24) is 4.98 Å². The molecule has 0 spiro atoms. The molecule has 3 N–H and O–H groups in total. The van der Waals surface area contributed by atoms with E-state index in [9.17, 15) is 4.79 Å². The first-order chi connectivity index (χ1) is 13.3. The molecule has 29 heavy (non-hydrogen) atoms. The monoisotopic (exact) mass is 435 g/mol. The van der Waals surface area contributed by atoms with Crippen LogP contribution in [0.1, 0.15) is 32.1 Å². The van der Waals surface area contributed by atoms with E-state index in [4.69, 9.17) is 10.5 Å². The molecule has 0 aliphatic rings. The number of anilines is 1. The van der Waals surface area contributed by atoms with Crippen molar-refractivity contribution in [2.45, 2.75) is 32.1 Å². The Labute approximate surface area is 183 Å². The third-order valence-corrected chi connectivity index (χ3v) is 4.33. The van der Waals surface area contributed by atoms with Gasteiger partial charge in [0.2, 0.25) is 5.91 Å². The number of fused-ring (bicyclic) bond motifs is 1. The number of rotatable bonds is 9. The van der Waals surface area contributed by atoms with Crippen LogP contribution in [0.4, 0.5) is 5.69 Å². The minimum Gasteiger partial charge on any atom is -0.457 e. The van der Waals surface area contributed by atoms with Gasteiger partial charge in [0.15, 0.2) is 0 Å². The summed E-state index contributed by atoms with van der Waals surface area (Å²) in [5.41, 5.74) is 7.13. The molecule has 1 aromatic heterocycles. The quantitative estimate of drug-likeness (QED) is 0.421. The minimum absolute atomic E-state index is 0. The van der Waals surface area contributed by atoms with Crippen molar-refractivity contribution in [1.29, 1.82) is 0 Å². The van der Waals surface area contributed by atoms with Crippen LogP contribution in [-0.2, 0) is 4.79 Å². The normalized spacial score (nSPS) is 9.97. The van der Waals surface area contributed by atoms with Gasteiger partial charge in [-0.2, -0.15) is 0 Å². The molecule has 3 aromatic rings. The Bertz CT molecular complexity index is 883. The third-order valence-electron chi connectivity index (χ3n) is 4.33. The molecule has 0 fully saturated rings. The summed E-state index contributed by atoms with van der Waals surface area (Å²) in [4.78, 5) is 16.3. The second kappa shape index (κ2) is 13.0. The summed E-state index contributed by atoms with van der Waals surface area (Å²) < 4.78 is 5.99. The molecule has 2 aromatic carbocycles. The molecule has 0 saturated carbocycles. The van der Waals surface area contributed by atoms with Gasteiger partial charge in [0, 0.05) is 23.7 Å². The third kappa shape index (κ3) is 7.54. The van der Waals surface area contributed by atoms with Crippen LogP contribution in [0.5, 0.6) is 11.5 Å². The van der Waals surface area contributed by atoms with Crippen molar-refractivity contribution in [3.8, 4) is 11.5 Å². The van der Waals surface area contributed by atoms with Crippen LogP contribution in [0.25, 0.3) is 10.9 Å². The van der Waals surface area contributed by atoms with Crippen molar-refractivity contribution < 1.29 is 9.53 Å². The van der Waals surface area contributed by atoms with E-state index in [0.29, 0.717) is 12.2 Å².